The molecule has 1 fully saturated rings. The maximum Gasteiger partial charge on any atom is 0.573 e. The summed E-state index contributed by atoms with van der Waals surface area (Å²) in [5.41, 5.74) is 0.306. The van der Waals surface area contributed by atoms with E-state index < -0.39 is 64.7 Å². The number of hydrogen-bond acceptors (Lipinski definition) is 1. The fourth-order valence-electron chi connectivity index (χ4n) is 6.98. The predicted octanol–water partition coefficient (Wildman–Crippen LogP) is 10.7. The van der Waals surface area contributed by atoms with Crippen molar-refractivity contribution < 1.29 is 48.6 Å². The summed E-state index contributed by atoms with van der Waals surface area (Å²) in [5.74, 6) is -10.9. The van der Waals surface area contributed by atoms with Gasteiger partial charge in [0.2, 0.25) is 5.75 Å². The summed E-state index contributed by atoms with van der Waals surface area (Å²) in [6.07, 6.45) is -2.14. The fourth-order valence-corrected chi connectivity index (χ4v) is 6.98. The molecular formula is C34H32F10O. The Hall–Kier alpha value is -3.24. The van der Waals surface area contributed by atoms with E-state index >= 15 is 13.2 Å². The number of benzene rings is 3. The molecule has 0 amide bonds. The molecule has 1 unspecified atom stereocenters. The van der Waals surface area contributed by atoms with Crippen LogP contribution < -0.4 is 4.74 Å². The van der Waals surface area contributed by atoms with Crippen LogP contribution in [0.1, 0.15) is 97.1 Å². The van der Waals surface area contributed by atoms with Crippen LogP contribution in [-0.4, -0.2) is 6.36 Å². The maximum absolute atomic E-state index is 15.8. The summed E-state index contributed by atoms with van der Waals surface area (Å²) in [6, 6.07) is 4.63. The molecule has 5 rings (SSSR count). The van der Waals surface area contributed by atoms with Gasteiger partial charge < -0.3 is 4.74 Å². The summed E-state index contributed by atoms with van der Waals surface area (Å²) in [5, 5.41) is 0. The summed E-state index contributed by atoms with van der Waals surface area (Å²) < 4.78 is 145. The summed E-state index contributed by atoms with van der Waals surface area (Å²) in [6.45, 7) is 1.86. The lowest BCUT2D eigenvalue weighted by molar-refractivity contribution is -0.276. The Balaban J connectivity index is 1.26. The van der Waals surface area contributed by atoms with E-state index in [-0.39, 0.29) is 78.7 Å². The Morgan fingerprint density at radius 1 is 0.689 bits per heavy atom. The Morgan fingerprint density at radius 2 is 1.27 bits per heavy atom. The minimum atomic E-state index is -5.28. The highest BCUT2D eigenvalue weighted by Crippen LogP contribution is 2.45. The molecular weight excluding hydrogens is 614 g/mol. The van der Waals surface area contributed by atoms with Crippen molar-refractivity contribution in [1.29, 1.82) is 0 Å². The Labute approximate surface area is 254 Å². The zero-order valence-corrected chi connectivity index (χ0v) is 24.5. The van der Waals surface area contributed by atoms with Crippen LogP contribution in [0.4, 0.5) is 43.9 Å². The molecule has 1 atom stereocenters. The van der Waals surface area contributed by atoms with Crippen LogP contribution in [0.2, 0.25) is 0 Å². The molecule has 1 saturated carbocycles. The number of fused-ring (bicyclic) bond motifs is 1. The van der Waals surface area contributed by atoms with Crippen molar-refractivity contribution in [2.45, 2.75) is 95.8 Å². The van der Waals surface area contributed by atoms with Crippen LogP contribution in [0, 0.1) is 46.6 Å². The molecule has 0 aromatic heterocycles. The Kier molecular flexibility index (Phi) is 9.75. The molecule has 244 valence electrons. The van der Waals surface area contributed by atoms with Gasteiger partial charge in [-0.05, 0) is 122 Å². The molecule has 3 aromatic carbocycles. The fraction of sp³-hybridized carbons (Fsp3) is 0.471. The zero-order valence-electron chi connectivity index (χ0n) is 24.5. The molecule has 0 N–H and O–H groups in total. The maximum atomic E-state index is 15.8. The van der Waals surface area contributed by atoms with Gasteiger partial charge in [0.1, 0.15) is 5.82 Å². The molecule has 3 aromatic rings. The SMILES string of the molecule is CCCc1ccc(CCC2CCc3c(F)c(C4CCC(c5cc(F)c(OC(F)(F)F)c(F)c5)CC4)c(F)c(F)c3C2)c(F)c1F. The third kappa shape index (κ3) is 6.97. The highest BCUT2D eigenvalue weighted by atomic mass is 19.4. The van der Waals surface area contributed by atoms with Gasteiger partial charge in [-0.1, -0.05) is 25.5 Å². The second kappa shape index (κ2) is 13.2. The molecule has 0 heterocycles. The summed E-state index contributed by atoms with van der Waals surface area (Å²) in [7, 11) is 0. The van der Waals surface area contributed by atoms with Crippen LogP contribution >= 0.6 is 0 Å². The average molecular weight is 647 g/mol. The highest BCUT2D eigenvalue weighted by molar-refractivity contribution is 5.41. The minimum Gasteiger partial charge on any atom is -0.399 e. The van der Waals surface area contributed by atoms with E-state index in [1.54, 1.807) is 12.1 Å². The topological polar surface area (TPSA) is 9.23 Å². The van der Waals surface area contributed by atoms with E-state index in [0.717, 1.165) is 12.1 Å². The van der Waals surface area contributed by atoms with Crippen LogP contribution in [0.3, 0.4) is 0 Å². The standard InChI is InChI=1S/C34H32F10O/c1-2-3-20-11-12-21(29(38)28(20)37)6-4-17-5-13-23-24(14-17)31(40)32(41)27(30(23)39)19-9-7-18(8-10-19)22-15-25(35)33(26(36)16-22)45-34(42,43)44/h11-12,15-19H,2-10,13-14H2,1H3. The number of ether oxygens (including phenoxy) is 1. The van der Waals surface area contributed by atoms with Crippen molar-refractivity contribution in [3.05, 3.63) is 98.4 Å². The van der Waals surface area contributed by atoms with E-state index in [0.29, 0.717) is 31.2 Å². The van der Waals surface area contributed by atoms with E-state index in [9.17, 15) is 30.7 Å². The van der Waals surface area contributed by atoms with Crippen LogP contribution in [0.5, 0.6) is 5.75 Å². The molecule has 2 aliphatic rings. The summed E-state index contributed by atoms with van der Waals surface area (Å²) >= 11 is 0. The number of aryl methyl sites for hydroxylation is 2. The first-order valence-electron chi connectivity index (χ1n) is 15.2. The molecule has 0 saturated heterocycles. The number of alkyl halides is 3. The van der Waals surface area contributed by atoms with Gasteiger partial charge in [0, 0.05) is 5.56 Å². The Bertz CT molecular complexity index is 1530. The molecule has 0 aliphatic heterocycles. The molecule has 2 aliphatic carbocycles. The first kappa shape index (κ1) is 33.1. The molecule has 0 radical (unpaired) electrons. The third-order valence-electron chi connectivity index (χ3n) is 9.28. The smallest absolute Gasteiger partial charge is 0.399 e. The lowest BCUT2D eigenvalue weighted by Crippen LogP contribution is -2.23. The highest BCUT2D eigenvalue weighted by Gasteiger charge is 2.37. The lowest BCUT2D eigenvalue weighted by atomic mass is 9.73. The van der Waals surface area contributed by atoms with Crippen LogP contribution in [-0.2, 0) is 25.7 Å². The number of rotatable bonds is 8. The van der Waals surface area contributed by atoms with Crippen molar-refractivity contribution >= 4 is 0 Å². The quantitative estimate of drug-likeness (QED) is 0.175. The Morgan fingerprint density at radius 3 is 1.84 bits per heavy atom. The monoisotopic (exact) mass is 646 g/mol. The molecule has 11 heteroatoms. The molecule has 0 bridgehead atoms. The van der Waals surface area contributed by atoms with E-state index in [1.807, 2.05) is 6.92 Å². The van der Waals surface area contributed by atoms with Crippen molar-refractivity contribution in [2.75, 3.05) is 0 Å². The van der Waals surface area contributed by atoms with Crippen LogP contribution in [0.25, 0.3) is 0 Å². The van der Waals surface area contributed by atoms with Crippen molar-refractivity contribution in [3.8, 4) is 5.75 Å². The molecule has 0 spiro atoms. The lowest BCUT2D eigenvalue weighted by Gasteiger charge is -2.32. The first-order chi connectivity index (χ1) is 21.3. The second-order valence-corrected chi connectivity index (χ2v) is 12.1. The zero-order chi connectivity index (χ0) is 32.6. The average Bonchev–Trinajstić information content (AvgIpc) is 2.99. The van der Waals surface area contributed by atoms with Gasteiger partial charge in [0.15, 0.2) is 34.9 Å². The van der Waals surface area contributed by atoms with E-state index in [4.69, 9.17) is 0 Å². The van der Waals surface area contributed by atoms with E-state index in [2.05, 4.69) is 4.74 Å². The number of halogens is 10. The van der Waals surface area contributed by atoms with Gasteiger partial charge in [-0.3, -0.25) is 0 Å². The van der Waals surface area contributed by atoms with Gasteiger partial charge in [0.05, 0.1) is 0 Å². The van der Waals surface area contributed by atoms with Gasteiger partial charge in [-0.25, -0.2) is 30.7 Å². The second-order valence-electron chi connectivity index (χ2n) is 12.1. The summed E-state index contributed by atoms with van der Waals surface area (Å²) in [4.78, 5) is 0. The predicted molar refractivity (Wildman–Crippen MR) is 147 cm³/mol. The van der Waals surface area contributed by atoms with Gasteiger partial charge in [0.25, 0.3) is 0 Å². The van der Waals surface area contributed by atoms with Crippen molar-refractivity contribution in [2.24, 2.45) is 5.92 Å². The van der Waals surface area contributed by atoms with Gasteiger partial charge in [-0.2, -0.15) is 0 Å². The van der Waals surface area contributed by atoms with E-state index in [1.165, 1.54) is 0 Å². The van der Waals surface area contributed by atoms with Crippen LogP contribution in [0.15, 0.2) is 24.3 Å². The largest absolute Gasteiger partial charge is 0.573 e. The normalized spacial score (nSPS) is 20.3. The van der Waals surface area contributed by atoms with Gasteiger partial charge >= 0.3 is 6.36 Å². The minimum absolute atomic E-state index is 0.0456. The first-order valence-corrected chi connectivity index (χ1v) is 15.2. The van der Waals surface area contributed by atoms with Crippen molar-refractivity contribution in [3.63, 3.8) is 0 Å². The third-order valence-corrected chi connectivity index (χ3v) is 9.28. The molecule has 1 nitrogen and oxygen atoms in total. The van der Waals surface area contributed by atoms with Gasteiger partial charge in [-0.15, -0.1) is 13.2 Å². The van der Waals surface area contributed by atoms with Crippen molar-refractivity contribution in [1.82, 2.24) is 0 Å². The number of hydrogen-bond donors (Lipinski definition) is 0. The molecule has 45 heavy (non-hydrogen) atoms.